The van der Waals surface area contributed by atoms with Gasteiger partial charge in [0.2, 0.25) is 0 Å². The van der Waals surface area contributed by atoms with E-state index in [9.17, 15) is 4.79 Å². The van der Waals surface area contributed by atoms with Crippen molar-refractivity contribution < 1.29 is 9.53 Å². The van der Waals surface area contributed by atoms with Crippen LogP contribution in [0.2, 0.25) is 0 Å². The standard InChI is InChI=1S/C19H19N3O2/c1-2-24-19(23)17-18(20-13-12-14-8-4-3-5-9-14)22-16-11-7-6-10-15(16)21-17/h3-11H,2,12-13H2,1H3,(H,20,22). The second-order valence-corrected chi connectivity index (χ2v) is 5.29. The molecule has 3 rings (SSSR count). The maximum atomic E-state index is 12.2. The molecule has 24 heavy (non-hydrogen) atoms. The number of nitrogens with zero attached hydrogens (tertiary/aromatic N) is 2. The third-order valence-electron chi connectivity index (χ3n) is 3.59. The molecule has 5 heteroatoms. The van der Waals surface area contributed by atoms with Crippen molar-refractivity contribution in [2.75, 3.05) is 18.5 Å². The summed E-state index contributed by atoms with van der Waals surface area (Å²) in [4.78, 5) is 21.1. The lowest BCUT2D eigenvalue weighted by atomic mass is 10.1. The Bertz CT molecular complexity index is 834. The van der Waals surface area contributed by atoms with E-state index in [1.807, 2.05) is 42.5 Å². The lowest BCUT2D eigenvalue weighted by molar-refractivity contribution is 0.0521. The van der Waals surface area contributed by atoms with Crippen molar-refractivity contribution >= 4 is 22.8 Å². The van der Waals surface area contributed by atoms with Gasteiger partial charge in [0.25, 0.3) is 0 Å². The van der Waals surface area contributed by atoms with Crippen molar-refractivity contribution in [3.63, 3.8) is 0 Å². The number of hydrogen-bond acceptors (Lipinski definition) is 5. The average Bonchev–Trinajstić information content (AvgIpc) is 2.62. The quantitative estimate of drug-likeness (QED) is 0.704. The van der Waals surface area contributed by atoms with Crippen LogP contribution in [0.25, 0.3) is 11.0 Å². The fourth-order valence-electron chi connectivity index (χ4n) is 2.43. The molecule has 0 aliphatic heterocycles. The van der Waals surface area contributed by atoms with Crippen molar-refractivity contribution in [1.29, 1.82) is 0 Å². The minimum atomic E-state index is -0.460. The number of hydrogen-bond donors (Lipinski definition) is 1. The van der Waals surface area contributed by atoms with Gasteiger partial charge in [-0.25, -0.2) is 14.8 Å². The number of para-hydroxylation sites is 2. The Morgan fingerprint density at radius 2 is 1.67 bits per heavy atom. The van der Waals surface area contributed by atoms with Gasteiger partial charge in [-0.3, -0.25) is 0 Å². The summed E-state index contributed by atoms with van der Waals surface area (Å²) in [7, 11) is 0. The first-order valence-corrected chi connectivity index (χ1v) is 7.99. The fraction of sp³-hybridized carbons (Fsp3) is 0.211. The third-order valence-corrected chi connectivity index (χ3v) is 3.59. The molecule has 1 N–H and O–H groups in total. The zero-order valence-corrected chi connectivity index (χ0v) is 13.5. The van der Waals surface area contributed by atoms with E-state index in [0.29, 0.717) is 24.5 Å². The van der Waals surface area contributed by atoms with Gasteiger partial charge < -0.3 is 10.1 Å². The van der Waals surface area contributed by atoms with E-state index >= 15 is 0 Å². The van der Waals surface area contributed by atoms with Crippen LogP contribution in [0.3, 0.4) is 0 Å². The van der Waals surface area contributed by atoms with Gasteiger partial charge >= 0.3 is 5.97 Å². The second kappa shape index (κ2) is 7.55. The van der Waals surface area contributed by atoms with E-state index in [1.54, 1.807) is 6.92 Å². The largest absolute Gasteiger partial charge is 0.461 e. The van der Waals surface area contributed by atoms with Gasteiger partial charge in [-0.05, 0) is 31.0 Å². The van der Waals surface area contributed by atoms with Crippen LogP contribution < -0.4 is 5.32 Å². The average molecular weight is 321 g/mol. The zero-order chi connectivity index (χ0) is 16.8. The van der Waals surface area contributed by atoms with Crippen LogP contribution in [0.5, 0.6) is 0 Å². The number of anilines is 1. The summed E-state index contributed by atoms with van der Waals surface area (Å²) in [6.45, 7) is 2.73. The van der Waals surface area contributed by atoms with E-state index in [4.69, 9.17) is 4.74 Å². The minimum Gasteiger partial charge on any atom is -0.461 e. The van der Waals surface area contributed by atoms with Crippen molar-refractivity contribution in [1.82, 2.24) is 9.97 Å². The highest BCUT2D eigenvalue weighted by Gasteiger charge is 2.17. The first-order valence-electron chi connectivity index (χ1n) is 7.99. The molecule has 1 heterocycles. The Labute approximate surface area is 140 Å². The maximum Gasteiger partial charge on any atom is 0.360 e. The number of aromatic nitrogens is 2. The number of rotatable bonds is 6. The van der Waals surface area contributed by atoms with Gasteiger partial charge in [-0.2, -0.15) is 0 Å². The molecule has 0 radical (unpaired) electrons. The van der Waals surface area contributed by atoms with Gasteiger partial charge in [0.05, 0.1) is 17.6 Å². The van der Waals surface area contributed by atoms with Gasteiger partial charge in [-0.1, -0.05) is 42.5 Å². The van der Waals surface area contributed by atoms with Crippen LogP contribution in [-0.4, -0.2) is 29.1 Å². The normalized spacial score (nSPS) is 10.5. The molecule has 0 amide bonds. The Morgan fingerprint density at radius 1 is 1.00 bits per heavy atom. The summed E-state index contributed by atoms with van der Waals surface area (Å²) in [5.74, 6) is 0.000968. The van der Waals surface area contributed by atoms with E-state index in [2.05, 4.69) is 27.4 Å². The van der Waals surface area contributed by atoms with Crippen molar-refractivity contribution in [2.45, 2.75) is 13.3 Å². The lowest BCUT2D eigenvalue weighted by Crippen LogP contribution is -2.15. The van der Waals surface area contributed by atoms with Crippen LogP contribution >= 0.6 is 0 Å². The van der Waals surface area contributed by atoms with E-state index in [0.717, 1.165) is 11.9 Å². The van der Waals surface area contributed by atoms with Crippen molar-refractivity contribution in [2.24, 2.45) is 0 Å². The molecular formula is C19H19N3O2. The Kier molecular flexibility index (Phi) is 5.01. The van der Waals surface area contributed by atoms with Gasteiger partial charge in [0.15, 0.2) is 11.5 Å². The summed E-state index contributed by atoms with van der Waals surface area (Å²) < 4.78 is 5.10. The maximum absolute atomic E-state index is 12.2. The third kappa shape index (κ3) is 3.68. The molecule has 0 saturated carbocycles. The van der Waals surface area contributed by atoms with E-state index in [-0.39, 0.29) is 5.69 Å². The molecule has 1 aromatic heterocycles. The zero-order valence-electron chi connectivity index (χ0n) is 13.5. The first-order chi connectivity index (χ1) is 11.8. The molecule has 0 spiro atoms. The molecule has 0 aliphatic carbocycles. The predicted molar refractivity (Wildman–Crippen MR) is 94.1 cm³/mol. The number of ether oxygens (including phenoxy) is 1. The number of benzene rings is 2. The van der Waals surface area contributed by atoms with Crippen LogP contribution in [-0.2, 0) is 11.2 Å². The Hall–Kier alpha value is -2.95. The molecule has 3 aromatic rings. The smallest absolute Gasteiger partial charge is 0.360 e. The van der Waals surface area contributed by atoms with Crippen molar-refractivity contribution in [3.05, 3.63) is 65.9 Å². The molecule has 122 valence electrons. The molecule has 0 aliphatic rings. The Morgan fingerprint density at radius 3 is 2.38 bits per heavy atom. The van der Waals surface area contributed by atoms with Gasteiger partial charge in [-0.15, -0.1) is 0 Å². The molecule has 0 atom stereocenters. The summed E-state index contributed by atoms with van der Waals surface area (Å²) >= 11 is 0. The number of fused-ring (bicyclic) bond motifs is 1. The van der Waals surface area contributed by atoms with Crippen molar-refractivity contribution in [3.8, 4) is 0 Å². The van der Waals surface area contributed by atoms with Crippen LogP contribution in [0.4, 0.5) is 5.82 Å². The molecule has 2 aromatic carbocycles. The van der Waals surface area contributed by atoms with Crippen LogP contribution in [0, 0.1) is 0 Å². The number of carbonyl (C=O) groups is 1. The lowest BCUT2D eigenvalue weighted by Gasteiger charge is -2.11. The first kappa shape index (κ1) is 15.9. The highest BCUT2D eigenvalue weighted by atomic mass is 16.5. The highest BCUT2D eigenvalue weighted by molar-refractivity contribution is 5.95. The number of esters is 1. The summed E-state index contributed by atoms with van der Waals surface area (Å²) in [6.07, 6.45) is 0.831. The SMILES string of the molecule is CCOC(=O)c1nc2ccccc2nc1NCCc1ccccc1. The van der Waals surface area contributed by atoms with E-state index in [1.165, 1.54) is 5.56 Å². The summed E-state index contributed by atoms with van der Waals surface area (Å²) in [6, 6.07) is 17.6. The molecular weight excluding hydrogens is 302 g/mol. The molecule has 0 bridgehead atoms. The molecule has 5 nitrogen and oxygen atoms in total. The van der Waals surface area contributed by atoms with Gasteiger partial charge in [0.1, 0.15) is 0 Å². The van der Waals surface area contributed by atoms with Crippen LogP contribution in [0.1, 0.15) is 23.0 Å². The Balaban J connectivity index is 1.83. The van der Waals surface area contributed by atoms with Crippen LogP contribution in [0.15, 0.2) is 54.6 Å². The molecule has 0 unspecified atom stereocenters. The number of carbonyl (C=O) groups excluding carboxylic acids is 1. The summed E-state index contributed by atoms with van der Waals surface area (Å²) in [5.41, 5.74) is 2.86. The highest BCUT2D eigenvalue weighted by Crippen LogP contribution is 2.18. The number of nitrogens with one attached hydrogen (secondary N) is 1. The monoisotopic (exact) mass is 321 g/mol. The van der Waals surface area contributed by atoms with E-state index < -0.39 is 5.97 Å². The molecule has 0 fully saturated rings. The fourth-order valence-corrected chi connectivity index (χ4v) is 2.43. The predicted octanol–water partition coefficient (Wildman–Crippen LogP) is 3.46. The van der Waals surface area contributed by atoms with Gasteiger partial charge in [0, 0.05) is 6.54 Å². The second-order valence-electron chi connectivity index (χ2n) is 5.29. The summed E-state index contributed by atoms with van der Waals surface area (Å²) in [5, 5.41) is 3.22. The minimum absolute atomic E-state index is 0.226. The topological polar surface area (TPSA) is 64.1 Å². The molecule has 0 saturated heterocycles.